The van der Waals surface area contributed by atoms with E-state index in [-0.39, 0.29) is 18.6 Å². The molecule has 0 heterocycles. The van der Waals surface area contributed by atoms with Crippen molar-refractivity contribution in [2.24, 2.45) is 0 Å². The topological polar surface area (TPSA) is 40.5 Å². The SMILES string of the molecule is CC(CO)N(C)C(=O)CCSc1ccccc1Cl. The number of hydrogen-bond donors (Lipinski definition) is 1. The van der Waals surface area contributed by atoms with Crippen LogP contribution in [0.2, 0.25) is 5.02 Å². The standard InChI is InChI=1S/C13H18ClNO2S/c1-10(9-16)15(2)13(17)7-8-18-12-6-4-3-5-11(12)14/h3-6,10,16H,7-9H2,1-2H3. The first-order chi connectivity index (χ1) is 8.56. The zero-order valence-electron chi connectivity index (χ0n) is 10.6. The summed E-state index contributed by atoms with van der Waals surface area (Å²) in [5.41, 5.74) is 0. The summed E-state index contributed by atoms with van der Waals surface area (Å²) in [6.07, 6.45) is 0.441. The number of aliphatic hydroxyl groups is 1. The minimum Gasteiger partial charge on any atom is -0.394 e. The second kappa shape index (κ2) is 7.67. The molecule has 18 heavy (non-hydrogen) atoms. The first kappa shape index (κ1) is 15.3. The molecule has 1 amide bonds. The number of halogens is 1. The van der Waals surface area contributed by atoms with Gasteiger partial charge in [0.25, 0.3) is 0 Å². The Morgan fingerprint density at radius 2 is 2.17 bits per heavy atom. The van der Waals surface area contributed by atoms with Crippen LogP contribution in [-0.4, -0.2) is 41.4 Å². The predicted octanol–water partition coefficient (Wildman–Crippen LogP) is 2.66. The van der Waals surface area contributed by atoms with Gasteiger partial charge in [0, 0.05) is 24.1 Å². The van der Waals surface area contributed by atoms with Crippen LogP contribution in [0.1, 0.15) is 13.3 Å². The van der Waals surface area contributed by atoms with Gasteiger partial charge in [-0.2, -0.15) is 0 Å². The van der Waals surface area contributed by atoms with Gasteiger partial charge in [-0.05, 0) is 19.1 Å². The zero-order valence-corrected chi connectivity index (χ0v) is 12.2. The van der Waals surface area contributed by atoms with Gasteiger partial charge in [-0.3, -0.25) is 4.79 Å². The van der Waals surface area contributed by atoms with E-state index in [1.807, 2.05) is 31.2 Å². The third-order valence-electron chi connectivity index (χ3n) is 2.73. The van der Waals surface area contributed by atoms with E-state index in [1.165, 1.54) is 0 Å². The van der Waals surface area contributed by atoms with Crippen LogP contribution in [0.25, 0.3) is 0 Å². The van der Waals surface area contributed by atoms with Crippen molar-refractivity contribution in [3.63, 3.8) is 0 Å². The molecule has 0 aromatic heterocycles. The van der Waals surface area contributed by atoms with Gasteiger partial charge < -0.3 is 10.0 Å². The van der Waals surface area contributed by atoms with Gasteiger partial charge in [0.1, 0.15) is 0 Å². The first-order valence-electron chi connectivity index (χ1n) is 5.80. The number of benzene rings is 1. The lowest BCUT2D eigenvalue weighted by Crippen LogP contribution is -2.37. The van der Waals surface area contributed by atoms with E-state index >= 15 is 0 Å². The molecule has 0 aliphatic carbocycles. The molecular weight excluding hydrogens is 270 g/mol. The van der Waals surface area contributed by atoms with E-state index in [2.05, 4.69) is 0 Å². The maximum atomic E-state index is 11.8. The molecule has 0 saturated heterocycles. The Hall–Kier alpha value is -0.710. The number of likely N-dealkylation sites (N-methyl/N-ethyl adjacent to an activating group) is 1. The van der Waals surface area contributed by atoms with Crippen LogP contribution >= 0.6 is 23.4 Å². The fourth-order valence-electron chi connectivity index (χ4n) is 1.35. The highest BCUT2D eigenvalue weighted by atomic mass is 35.5. The van der Waals surface area contributed by atoms with Gasteiger partial charge in [-0.1, -0.05) is 23.7 Å². The number of hydrogen-bond acceptors (Lipinski definition) is 3. The van der Waals surface area contributed by atoms with Crippen molar-refractivity contribution in [2.45, 2.75) is 24.3 Å². The Labute approximate surface area is 117 Å². The number of carbonyl (C=O) groups is 1. The number of amides is 1. The van der Waals surface area contributed by atoms with Crippen molar-refractivity contribution in [2.75, 3.05) is 19.4 Å². The first-order valence-corrected chi connectivity index (χ1v) is 7.16. The van der Waals surface area contributed by atoms with Crippen LogP contribution < -0.4 is 0 Å². The van der Waals surface area contributed by atoms with Gasteiger partial charge in [-0.25, -0.2) is 0 Å². The number of rotatable bonds is 6. The molecule has 0 spiro atoms. The Kier molecular flexibility index (Phi) is 6.54. The minimum absolute atomic E-state index is 0.0140. The van der Waals surface area contributed by atoms with Gasteiger partial charge >= 0.3 is 0 Å². The zero-order chi connectivity index (χ0) is 13.5. The monoisotopic (exact) mass is 287 g/mol. The Balaban J connectivity index is 2.38. The van der Waals surface area contributed by atoms with E-state index in [0.29, 0.717) is 17.2 Å². The van der Waals surface area contributed by atoms with Gasteiger partial charge in [0.05, 0.1) is 17.7 Å². The lowest BCUT2D eigenvalue weighted by molar-refractivity contribution is -0.131. The molecule has 3 nitrogen and oxygen atoms in total. The number of aliphatic hydroxyl groups excluding tert-OH is 1. The molecule has 0 saturated carbocycles. The number of carbonyl (C=O) groups excluding carboxylic acids is 1. The van der Waals surface area contributed by atoms with E-state index in [9.17, 15) is 4.79 Å². The molecule has 1 aromatic rings. The average Bonchev–Trinajstić information content (AvgIpc) is 2.39. The highest BCUT2D eigenvalue weighted by Crippen LogP contribution is 2.27. The summed E-state index contributed by atoms with van der Waals surface area (Å²) in [7, 11) is 1.71. The fraction of sp³-hybridized carbons (Fsp3) is 0.462. The molecule has 1 rings (SSSR count). The van der Waals surface area contributed by atoms with Crippen molar-refractivity contribution in [1.29, 1.82) is 0 Å². The molecule has 0 radical (unpaired) electrons. The van der Waals surface area contributed by atoms with Gasteiger partial charge in [0.15, 0.2) is 0 Å². The summed E-state index contributed by atoms with van der Waals surface area (Å²) < 4.78 is 0. The van der Waals surface area contributed by atoms with Crippen LogP contribution in [0.15, 0.2) is 29.2 Å². The van der Waals surface area contributed by atoms with Crippen molar-refractivity contribution >= 4 is 29.3 Å². The van der Waals surface area contributed by atoms with Crippen LogP contribution in [0.5, 0.6) is 0 Å². The third kappa shape index (κ3) is 4.52. The van der Waals surface area contributed by atoms with Crippen molar-refractivity contribution in [3.05, 3.63) is 29.3 Å². The maximum absolute atomic E-state index is 11.8. The molecule has 0 fully saturated rings. The van der Waals surface area contributed by atoms with E-state index in [1.54, 1.807) is 23.7 Å². The smallest absolute Gasteiger partial charge is 0.223 e. The van der Waals surface area contributed by atoms with Crippen LogP contribution in [0.4, 0.5) is 0 Å². The molecule has 100 valence electrons. The minimum atomic E-state index is -0.136. The summed E-state index contributed by atoms with van der Waals surface area (Å²) >= 11 is 7.60. The van der Waals surface area contributed by atoms with Crippen molar-refractivity contribution in [3.8, 4) is 0 Å². The molecule has 0 aliphatic rings. The highest BCUT2D eigenvalue weighted by molar-refractivity contribution is 7.99. The molecule has 0 aliphatic heterocycles. The number of thioether (sulfide) groups is 1. The van der Waals surface area contributed by atoms with Crippen LogP contribution in [0, 0.1) is 0 Å². The number of nitrogens with zero attached hydrogens (tertiary/aromatic N) is 1. The Morgan fingerprint density at radius 3 is 2.78 bits per heavy atom. The Bertz CT molecular complexity index is 400. The van der Waals surface area contributed by atoms with Crippen molar-refractivity contribution < 1.29 is 9.90 Å². The van der Waals surface area contributed by atoms with Crippen LogP contribution in [0.3, 0.4) is 0 Å². The highest BCUT2D eigenvalue weighted by Gasteiger charge is 2.14. The summed E-state index contributed by atoms with van der Waals surface area (Å²) in [5.74, 6) is 0.724. The van der Waals surface area contributed by atoms with E-state index in [0.717, 1.165) is 4.90 Å². The molecule has 0 bridgehead atoms. The average molecular weight is 288 g/mol. The summed E-state index contributed by atoms with van der Waals surface area (Å²) in [4.78, 5) is 14.4. The summed E-state index contributed by atoms with van der Waals surface area (Å²) in [6.45, 7) is 1.80. The lowest BCUT2D eigenvalue weighted by atomic mass is 10.3. The molecule has 1 unspecified atom stereocenters. The van der Waals surface area contributed by atoms with E-state index < -0.39 is 0 Å². The summed E-state index contributed by atoms with van der Waals surface area (Å²) in [5, 5.41) is 9.69. The van der Waals surface area contributed by atoms with Gasteiger partial charge in [0.2, 0.25) is 5.91 Å². The second-order valence-electron chi connectivity index (χ2n) is 4.07. The quantitative estimate of drug-likeness (QED) is 0.818. The molecule has 1 N–H and O–H groups in total. The maximum Gasteiger partial charge on any atom is 0.223 e. The second-order valence-corrected chi connectivity index (χ2v) is 5.61. The van der Waals surface area contributed by atoms with Crippen molar-refractivity contribution in [1.82, 2.24) is 4.90 Å². The summed E-state index contributed by atoms with van der Waals surface area (Å²) in [6, 6.07) is 7.45. The molecule has 5 heteroatoms. The normalized spacial score (nSPS) is 12.2. The third-order valence-corrected chi connectivity index (χ3v) is 4.25. The molecule has 1 atom stereocenters. The fourth-order valence-corrected chi connectivity index (χ4v) is 2.53. The predicted molar refractivity (Wildman–Crippen MR) is 76.1 cm³/mol. The van der Waals surface area contributed by atoms with Crippen LogP contribution in [-0.2, 0) is 4.79 Å². The van der Waals surface area contributed by atoms with Gasteiger partial charge in [-0.15, -0.1) is 11.8 Å². The molecule has 1 aromatic carbocycles. The molecular formula is C13H18ClNO2S. The Morgan fingerprint density at radius 1 is 1.50 bits per heavy atom. The van der Waals surface area contributed by atoms with E-state index in [4.69, 9.17) is 16.7 Å². The lowest BCUT2D eigenvalue weighted by Gasteiger charge is -2.23. The largest absolute Gasteiger partial charge is 0.394 e.